The summed E-state index contributed by atoms with van der Waals surface area (Å²) in [4.78, 5) is 25.0. The minimum atomic E-state index is -0.169. The molecule has 6 heteroatoms. The summed E-state index contributed by atoms with van der Waals surface area (Å²) in [6, 6.07) is 12.2. The standard InChI is InChI=1S/C26H27NO5/c1-30-20-9-7-19(8-10-20)23-16-32-24-15-21(11-12-22(24)26(23)29)31-17-25(28)27-14-13-18-5-3-2-4-6-18/h5,7-12,15-16H,2-4,6,13-14,17H2,1H3,(H,27,28). The summed E-state index contributed by atoms with van der Waals surface area (Å²) in [7, 11) is 1.60. The molecule has 0 atom stereocenters. The van der Waals surface area contributed by atoms with Crippen LogP contribution < -0.4 is 20.2 Å². The number of nitrogens with one attached hydrogen (secondary N) is 1. The van der Waals surface area contributed by atoms with Gasteiger partial charge in [0.15, 0.2) is 12.0 Å². The highest BCUT2D eigenvalue weighted by molar-refractivity contribution is 5.83. The van der Waals surface area contributed by atoms with Crippen LogP contribution in [0.2, 0.25) is 0 Å². The molecule has 1 aliphatic carbocycles. The van der Waals surface area contributed by atoms with Gasteiger partial charge in [-0.05, 0) is 61.9 Å². The predicted molar refractivity (Wildman–Crippen MR) is 124 cm³/mol. The summed E-state index contributed by atoms with van der Waals surface area (Å²) in [5.74, 6) is 1.02. The Labute approximate surface area is 186 Å². The van der Waals surface area contributed by atoms with Crippen LogP contribution in [0.3, 0.4) is 0 Å². The highest BCUT2D eigenvalue weighted by Gasteiger charge is 2.11. The van der Waals surface area contributed by atoms with Crippen molar-refractivity contribution in [3.63, 3.8) is 0 Å². The summed E-state index contributed by atoms with van der Waals surface area (Å²) in [6.45, 7) is 0.535. The summed E-state index contributed by atoms with van der Waals surface area (Å²) in [6.07, 6.45) is 9.41. The molecule has 4 rings (SSSR count). The van der Waals surface area contributed by atoms with Crippen LogP contribution in [-0.2, 0) is 4.79 Å². The molecule has 1 amide bonds. The van der Waals surface area contributed by atoms with Gasteiger partial charge in [-0.1, -0.05) is 23.8 Å². The molecule has 0 radical (unpaired) electrons. The molecule has 1 N–H and O–H groups in total. The van der Waals surface area contributed by atoms with Crippen molar-refractivity contribution < 1.29 is 18.7 Å². The third kappa shape index (κ3) is 5.19. The molecular formula is C26H27NO5. The number of carbonyl (C=O) groups excluding carboxylic acids is 1. The summed E-state index contributed by atoms with van der Waals surface area (Å²) in [5, 5.41) is 3.35. The van der Waals surface area contributed by atoms with Gasteiger partial charge in [-0.3, -0.25) is 9.59 Å². The van der Waals surface area contributed by atoms with Crippen molar-refractivity contribution >= 4 is 16.9 Å². The van der Waals surface area contributed by atoms with Gasteiger partial charge in [0.1, 0.15) is 23.3 Å². The largest absolute Gasteiger partial charge is 0.497 e. The molecule has 166 valence electrons. The van der Waals surface area contributed by atoms with Crippen molar-refractivity contribution in [3.8, 4) is 22.6 Å². The summed E-state index contributed by atoms with van der Waals surface area (Å²) >= 11 is 0. The van der Waals surface area contributed by atoms with E-state index in [-0.39, 0.29) is 17.9 Å². The third-order valence-electron chi connectivity index (χ3n) is 5.67. The van der Waals surface area contributed by atoms with Crippen molar-refractivity contribution in [3.05, 3.63) is 70.6 Å². The van der Waals surface area contributed by atoms with E-state index in [1.807, 2.05) is 12.1 Å². The number of benzene rings is 2. The molecule has 2 aromatic carbocycles. The summed E-state index contributed by atoms with van der Waals surface area (Å²) in [5.41, 5.74) is 2.94. The molecule has 0 fully saturated rings. The lowest BCUT2D eigenvalue weighted by atomic mass is 9.97. The molecule has 0 bridgehead atoms. The Kier molecular flexibility index (Phi) is 6.90. The highest BCUT2D eigenvalue weighted by Crippen LogP contribution is 2.24. The Morgan fingerprint density at radius 1 is 1.09 bits per heavy atom. The fourth-order valence-corrected chi connectivity index (χ4v) is 3.86. The highest BCUT2D eigenvalue weighted by atomic mass is 16.5. The van der Waals surface area contributed by atoms with Gasteiger partial charge in [0.25, 0.3) is 5.91 Å². The van der Waals surface area contributed by atoms with Gasteiger partial charge < -0.3 is 19.2 Å². The lowest BCUT2D eigenvalue weighted by molar-refractivity contribution is -0.123. The minimum absolute atomic E-state index is 0.0846. The van der Waals surface area contributed by atoms with Crippen LogP contribution in [-0.4, -0.2) is 26.2 Å². The van der Waals surface area contributed by atoms with Crippen LogP contribution in [0.4, 0.5) is 0 Å². The van der Waals surface area contributed by atoms with E-state index in [0.29, 0.717) is 28.8 Å². The second-order valence-electron chi connectivity index (χ2n) is 7.86. The first-order valence-electron chi connectivity index (χ1n) is 10.9. The Morgan fingerprint density at radius 2 is 1.91 bits per heavy atom. The molecule has 1 aliphatic rings. The molecule has 0 saturated heterocycles. The number of methoxy groups -OCH3 is 1. The fourth-order valence-electron chi connectivity index (χ4n) is 3.86. The molecule has 1 heterocycles. The predicted octanol–water partition coefficient (Wildman–Crippen LogP) is 4.85. The molecule has 0 unspecified atom stereocenters. The molecular weight excluding hydrogens is 406 g/mol. The monoisotopic (exact) mass is 433 g/mol. The maximum Gasteiger partial charge on any atom is 0.257 e. The van der Waals surface area contributed by atoms with Gasteiger partial charge in [-0.25, -0.2) is 0 Å². The number of rotatable bonds is 8. The van der Waals surface area contributed by atoms with E-state index >= 15 is 0 Å². The Hall–Kier alpha value is -3.54. The van der Waals surface area contributed by atoms with E-state index in [1.165, 1.54) is 24.7 Å². The topological polar surface area (TPSA) is 77.8 Å². The maximum atomic E-state index is 12.9. The number of hydrogen-bond acceptors (Lipinski definition) is 5. The first-order chi connectivity index (χ1) is 15.6. The summed E-state index contributed by atoms with van der Waals surface area (Å²) < 4.78 is 16.5. The minimum Gasteiger partial charge on any atom is -0.497 e. The van der Waals surface area contributed by atoms with Gasteiger partial charge in [-0.15, -0.1) is 0 Å². The smallest absolute Gasteiger partial charge is 0.257 e. The number of ether oxygens (including phenoxy) is 2. The maximum absolute atomic E-state index is 12.9. The zero-order valence-corrected chi connectivity index (χ0v) is 18.2. The fraction of sp³-hybridized carbons (Fsp3) is 0.308. The van der Waals surface area contributed by atoms with Crippen LogP contribution >= 0.6 is 0 Å². The first-order valence-corrected chi connectivity index (χ1v) is 10.9. The number of hydrogen-bond donors (Lipinski definition) is 1. The van der Waals surface area contributed by atoms with Gasteiger partial charge in [-0.2, -0.15) is 0 Å². The third-order valence-corrected chi connectivity index (χ3v) is 5.67. The second-order valence-corrected chi connectivity index (χ2v) is 7.86. The van der Waals surface area contributed by atoms with E-state index < -0.39 is 0 Å². The average molecular weight is 434 g/mol. The van der Waals surface area contributed by atoms with E-state index in [9.17, 15) is 9.59 Å². The van der Waals surface area contributed by atoms with Crippen LogP contribution in [0.25, 0.3) is 22.1 Å². The number of carbonyl (C=O) groups is 1. The normalized spacial score (nSPS) is 13.5. The van der Waals surface area contributed by atoms with Crippen molar-refractivity contribution in [2.24, 2.45) is 0 Å². The number of fused-ring (bicyclic) bond motifs is 1. The molecule has 0 spiro atoms. The van der Waals surface area contributed by atoms with Crippen molar-refractivity contribution in [1.82, 2.24) is 5.32 Å². The van der Waals surface area contributed by atoms with Crippen molar-refractivity contribution in [1.29, 1.82) is 0 Å². The zero-order chi connectivity index (χ0) is 22.3. The van der Waals surface area contributed by atoms with Gasteiger partial charge in [0.05, 0.1) is 18.1 Å². The van der Waals surface area contributed by atoms with E-state index in [1.54, 1.807) is 37.4 Å². The number of amides is 1. The first kappa shape index (κ1) is 21.7. The Bertz CT molecular complexity index is 1180. The number of allylic oxidation sites excluding steroid dienone is 1. The van der Waals surface area contributed by atoms with E-state index in [4.69, 9.17) is 13.9 Å². The van der Waals surface area contributed by atoms with Gasteiger partial charge >= 0.3 is 0 Å². The molecule has 3 aromatic rings. The Balaban J connectivity index is 1.37. The molecule has 32 heavy (non-hydrogen) atoms. The van der Waals surface area contributed by atoms with E-state index in [2.05, 4.69) is 11.4 Å². The van der Waals surface area contributed by atoms with Crippen LogP contribution in [0.15, 0.2) is 69.6 Å². The van der Waals surface area contributed by atoms with Crippen LogP contribution in [0.5, 0.6) is 11.5 Å². The van der Waals surface area contributed by atoms with E-state index in [0.717, 1.165) is 30.6 Å². The van der Waals surface area contributed by atoms with Gasteiger partial charge in [0.2, 0.25) is 0 Å². The quantitative estimate of drug-likeness (QED) is 0.514. The Morgan fingerprint density at radius 3 is 2.66 bits per heavy atom. The lowest BCUT2D eigenvalue weighted by Gasteiger charge is -2.13. The SMILES string of the molecule is COc1ccc(-c2coc3cc(OCC(=O)NCCC4=CCCCC4)ccc3c2=O)cc1. The van der Waals surface area contributed by atoms with Crippen LogP contribution in [0.1, 0.15) is 32.1 Å². The zero-order valence-electron chi connectivity index (χ0n) is 18.2. The second kappa shape index (κ2) is 10.2. The van der Waals surface area contributed by atoms with Crippen LogP contribution in [0, 0.1) is 0 Å². The molecule has 0 aliphatic heterocycles. The molecule has 6 nitrogen and oxygen atoms in total. The van der Waals surface area contributed by atoms with Crippen molar-refractivity contribution in [2.75, 3.05) is 20.3 Å². The average Bonchev–Trinajstić information content (AvgIpc) is 2.84. The molecule has 1 aromatic heterocycles. The lowest BCUT2D eigenvalue weighted by Crippen LogP contribution is -2.30. The molecule has 0 saturated carbocycles. The van der Waals surface area contributed by atoms with Crippen molar-refractivity contribution in [2.45, 2.75) is 32.1 Å². The van der Waals surface area contributed by atoms with Gasteiger partial charge in [0, 0.05) is 12.6 Å².